The van der Waals surface area contributed by atoms with Crippen molar-refractivity contribution in [2.24, 2.45) is 5.92 Å². The third-order valence-electron chi connectivity index (χ3n) is 5.87. The minimum atomic E-state index is -1.10. The summed E-state index contributed by atoms with van der Waals surface area (Å²) in [4.78, 5) is 40.7. The highest BCUT2D eigenvalue weighted by Gasteiger charge is 2.42. The van der Waals surface area contributed by atoms with Crippen molar-refractivity contribution >= 4 is 18.0 Å². The molecule has 0 unspecified atom stereocenters. The second-order valence-corrected chi connectivity index (χ2v) is 11.3. The molecule has 1 saturated heterocycles. The number of benzene rings is 1. The standard InChI is InChI=1S/C27H41FN2O6/c1-17(22(34-8)21-14-11-15-30(21)25(33)36-27(5,6)7)23(31)29-20(24(32)35-26(2,3)4)16-18-12-9-10-13-19(18)28/h9-10,12-13,17,20-22H,11,14-16H2,1-8H3,(H,29,31)/t17-,20+,21+,22-/m1/s1. The maximum absolute atomic E-state index is 14.3. The minimum absolute atomic E-state index is 0.0643. The lowest BCUT2D eigenvalue weighted by atomic mass is 9.94. The van der Waals surface area contributed by atoms with Crippen LogP contribution in [0.1, 0.15) is 66.9 Å². The molecule has 0 radical (unpaired) electrons. The highest BCUT2D eigenvalue weighted by Crippen LogP contribution is 2.28. The molecular weight excluding hydrogens is 467 g/mol. The Bertz CT molecular complexity index is 924. The van der Waals surface area contributed by atoms with Crippen molar-refractivity contribution in [2.45, 2.75) is 97.1 Å². The lowest BCUT2D eigenvalue weighted by Crippen LogP contribution is -2.53. The first-order valence-electron chi connectivity index (χ1n) is 12.4. The van der Waals surface area contributed by atoms with Gasteiger partial charge in [-0.25, -0.2) is 14.0 Å². The van der Waals surface area contributed by atoms with E-state index < -0.39 is 53.1 Å². The number of methoxy groups -OCH3 is 1. The number of halogens is 1. The molecule has 36 heavy (non-hydrogen) atoms. The summed E-state index contributed by atoms with van der Waals surface area (Å²) in [5, 5.41) is 2.74. The Balaban J connectivity index is 2.21. The summed E-state index contributed by atoms with van der Waals surface area (Å²) in [6.07, 6.45) is 0.260. The zero-order valence-corrected chi connectivity index (χ0v) is 22.7. The number of hydrogen-bond acceptors (Lipinski definition) is 6. The average Bonchev–Trinajstić information content (AvgIpc) is 3.22. The Morgan fingerprint density at radius 3 is 2.25 bits per heavy atom. The van der Waals surface area contributed by atoms with Gasteiger partial charge in [0.05, 0.1) is 18.1 Å². The SMILES string of the molecule is CO[C@H]([C@@H](C)C(=O)N[C@@H](Cc1ccccc1F)C(=O)OC(C)(C)C)[C@@H]1CCCN1C(=O)OC(C)(C)C. The summed E-state index contributed by atoms with van der Waals surface area (Å²) in [5.74, 6) is -2.29. The summed E-state index contributed by atoms with van der Waals surface area (Å²) >= 11 is 0. The van der Waals surface area contributed by atoms with Gasteiger partial charge in [-0.2, -0.15) is 0 Å². The molecule has 0 aliphatic carbocycles. The lowest BCUT2D eigenvalue weighted by molar-refractivity contribution is -0.159. The summed E-state index contributed by atoms with van der Waals surface area (Å²) in [6, 6.07) is 4.64. The predicted octanol–water partition coefficient (Wildman–Crippen LogP) is 4.25. The molecule has 0 bridgehead atoms. The van der Waals surface area contributed by atoms with E-state index in [4.69, 9.17) is 14.2 Å². The van der Waals surface area contributed by atoms with Crippen LogP contribution in [0, 0.1) is 11.7 Å². The second-order valence-electron chi connectivity index (χ2n) is 11.3. The topological polar surface area (TPSA) is 94.2 Å². The molecule has 1 aliphatic heterocycles. The molecule has 1 N–H and O–H groups in total. The number of ether oxygens (including phenoxy) is 3. The van der Waals surface area contributed by atoms with Gasteiger partial charge in [0.2, 0.25) is 5.91 Å². The van der Waals surface area contributed by atoms with Crippen LogP contribution in [-0.2, 0) is 30.2 Å². The van der Waals surface area contributed by atoms with Gasteiger partial charge in [-0.05, 0) is 66.0 Å². The maximum atomic E-state index is 14.3. The molecule has 0 spiro atoms. The number of carbonyl (C=O) groups excluding carboxylic acids is 3. The highest BCUT2D eigenvalue weighted by atomic mass is 19.1. The first-order valence-corrected chi connectivity index (χ1v) is 12.4. The Labute approximate surface area is 213 Å². The van der Waals surface area contributed by atoms with E-state index >= 15 is 0 Å². The van der Waals surface area contributed by atoms with Crippen LogP contribution in [0.2, 0.25) is 0 Å². The summed E-state index contributed by atoms with van der Waals surface area (Å²) in [5.41, 5.74) is -1.15. The van der Waals surface area contributed by atoms with Crippen molar-refractivity contribution in [3.63, 3.8) is 0 Å². The van der Waals surface area contributed by atoms with Crippen LogP contribution in [0.3, 0.4) is 0 Å². The Hall–Kier alpha value is -2.68. The quantitative estimate of drug-likeness (QED) is 0.528. The zero-order chi connectivity index (χ0) is 27.3. The van der Waals surface area contributed by atoms with Crippen LogP contribution in [0.4, 0.5) is 9.18 Å². The molecule has 2 amide bonds. The third kappa shape index (κ3) is 8.47. The van der Waals surface area contributed by atoms with E-state index in [2.05, 4.69) is 5.32 Å². The molecule has 202 valence electrons. The van der Waals surface area contributed by atoms with Gasteiger partial charge in [0.15, 0.2) is 0 Å². The number of hydrogen-bond donors (Lipinski definition) is 1. The van der Waals surface area contributed by atoms with E-state index in [0.717, 1.165) is 6.42 Å². The van der Waals surface area contributed by atoms with Gasteiger partial charge >= 0.3 is 12.1 Å². The number of esters is 1. The molecule has 2 rings (SSSR count). The van der Waals surface area contributed by atoms with Crippen LogP contribution in [-0.4, -0.2) is 65.9 Å². The van der Waals surface area contributed by atoms with Crippen molar-refractivity contribution in [3.8, 4) is 0 Å². The van der Waals surface area contributed by atoms with E-state index in [1.54, 1.807) is 71.6 Å². The van der Waals surface area contributed by atoms with E-state index in [1.165, 1.54) is 13.2 Å². The normalized spacial score (nSPS) is 18.8. The fourth-order valence-corrected chi connectivity index (χ4v) is 4.28. The van der Waals surface area contributed by atoms with Crippen molar-refractivity contribution in [1.82, 2.24) is 10.2 Å². The predicted molar refractivity (Wildman–Crippen MR) is 134 cm³/mol. The second kappa shape index (κ2) is 12.0. The Morgan fingerprint density at radius 2 is 1.69 bits per heavy atom. The summed E-state index contributed by atoms with van der Waals surface area (Å²) < 4.78 is 31.1. The average molecular weight is 509 g/mol. The molecule has 1 heterocycles. The van der Waals surface area contributed by atoms with Crippen LogP contribution >= 0.6 is 0 Å². The molecule has 1 aliphatic rings. The van der Waals surface area contributed by atoms with Crippen molar-refractivity contribution in [1.29, 1.82) is 0 Å². The van der Waals surface area contributed by atoms with Crippen molar-refractivity contribution in [2.75, 3.05) is 13.7 Å². The largest absolute Gasteiger partial charge is 0.458 e. The summed E-state index contributed by atoms with van der Waals surface area (Å²) in [6.45, 7) is 12.8. The molecule has 4 atom stereocenters. The van der Waals surface area contributed by atoms with Gasteiger partial charge in [0, 0.05) is 20.1 Å². The number of amides is 2. The maximum Gasteiger partial charge on any atom is 0.410 e. The number of carbonyl (C=O) groups is 3. The minimum Gasteiger partial charge on any atom is -0.458 e. The molecule has 1 aromatic carbocycles. The van der Waals surface area contributed by atoms with E-state index in [-0.39, 0.29) is 18.0 Å². The van der Waals surface area contributed by atoms with Gasteiger partial charge in [-0.15, -0.1) is 0 Å². The van der Waals surface area contributed by atoms with Gasteiger partial charge in [0.1, 0.15) is 23.1 Å². The van der Waals surface area contributed by atoms with Crippen LogP contribution in [0.25, 0.3) is 0 Å². The number of rotatable bonds is 8. The molecule has 8 nitrogen and oxygen atoms in total. The molecule has 9 heteroatoms. The molecular formula is C27H41FN2O6. The fourth-order valence-electron chi connectivity index (χ4n) is 4.28. The first-order chi connectivity index (χ1) is 16.6. The highest BCUT2D eigenvalue weighted by molar-refractivity contribution is 5.86. The Morgan fingerprint density at radius 1 is 1.08 bits per heavy atom. The van der Waals surface area contributed by atoms with E-state index in [1.807, 2.05) is 0 Å². The third-order valence-corrected chi connectivity index (χ3v) is 5.87. The summed E-state index contributed by atoms with van der Waals surface area (Å²) in [7, 11) is 1.49. The van der Waals surface area contributed by atoms with Crippen LogP contribution in [0.5, 0.6) is 0 Å². The van der Waals surface area contributed by atoms with Crippen LogP contribution < -0.4 is 5.32 Å². The Kier molecular flexibility index (Phi) is 9.88. The zero-order valence-electron chi connectivity index (χ0n) is 22.7. The lowest BCUT2D eigenvalue weighted by Gasteiger charge is -2.35. The van der Waals surface area contributed by atoms with Crippen molar-refractivity contribution in [3.05, 3.63) is 35.6 Å². The molecule has 0 aromatic heterocycles. The smallest absolute Gasteiger partial charge is 0.410 e. The molecule has 0 saturated carbocycles. The van der Waals surface area contributed by atoms with Crippen molar-refractivity contribution < 1.29 is 33.0 Å². The number of nitrogens with one attached hydrogen (secondary N) is 1. The molecule has 1 fully saturated rings. The number of nitrogens with zero attached hydrogens (tertiary/aromatic N) is 1. The van der Waals surface area contributed by atoms with Gasteiger partial charge in [-0.1, -0.05) is 25.1 Å². The fraction of sp³-hybridized carbons (Fsp3) is 0.667. The van der Waals surface area contributed by atoms with E-state index in [0.29, 0.717) is 13.0 Å². The first kappa shape index (κ1) is 29.5. The van der Waals surface area contributed by atoms with E-state index in [9.17, 15) is 18.8 Å². The van der Waals surface area contributed by atoms with Gasteiger partial charge in [-0.3, -0.25) is 4.79 Å². The van der Waals surface area contributed by atoms with Gasteiger partial charge in [0.25, 0.3) is 0 Å². The van der Waals surface area contributed by atoms with Crippen LogP contribution in [0.15, 0.2) is 24.3 Å². The monoisotopic (exact) mass is 508 g/mol. The molecule has 1 aromatic rings. The number of likely N-dealkylation sites (tertiary alicyclic amines) is 1. The van der Waals surface area contributed by atoms with Gasteiger partial charge < -0.3 is 24.4 Å².